The molecule has 0 spiro atoms. The van der Waals surface area contributed by atoms with Gasteiger partial charge in [0.05, 0.1) is 33.2 Å². The molecule has 6 aromatic rings. The van der Waals surface area contributed by atoms with Gasteiger partial charge in [-0.1, -0.05) is 48.5 Å². The lowest BCUT2D eigenvalue weighted by atomic mass is 10.2. The van der Waals surface area contributed by atoms with Crippen LogP contribution in [-0.4, -0.2) is 23.0 Å². The van der Waals surface area contributed by atoms with E-state index in [1.54, 1.807) is 25.5 Å². The molecule has 0 amide bonds. The third-order valence-corrected chi connectivity index (χ3v) is 7.07. The highest BCUT2D eigenvalue weighted by Crippen LogP contribution is 2.33. The second-order valence-electron chi connectivity index (χ2n) is 8.76. The van der Waals surface area contributed by atoms with Crippen molar-refractivity contribution in [2.45, 2.75) is 6.61 Å². The number of nitrogens with zero attached hydrogens (tertiary/aromatic N) is 3. The predicted octanol–water partition coefficient (Wildman–Crippen LogP) is 6.88. The number of fused-ring (bicyclic) bond motifs is 2. The van der Waals surface area contributed by atoms with Crippen LogP contribution in [-0.2, 0) is 6.61 Å². The highest BCUT2D eigenvalue weighted by Gasteiger charge is 2.18. The van der Waals surface area contributed by atoms with Crippen molar-refractivity contribution in [2.24, 2.45) is 5.10 Å². The number of hydrogen-bond acceptors (Lipinski definition) is 6. The molecule has 2 heterocycles. The number of methoxy groups -OCH3 is 1. The standard InChI is InChI=1S/C31H22IN3O4/c1-37-26-12-7-13-27-23(26)17-29(39-27)30-34-25-11-6-5-10-22(25)31(36)35(30)33-18-21-14-15-28(24(32)16-21)38-19-20-8-3-2-4-9-20/h2-18H,19H2,1H3. The molecular formula is C31H22IN3O4. The van der Waals surface area contributed by atoms with Gasteiger partial charge in [-0.2, -0.15) is 9.78 Å². The number of furan rings is 1. The lowest BCUT2D eigenvalue weighted by molar-refractivity contribution is 0.304. The zero-order valence-electron chi connectivity index (χ0n) is 20.9. The molecule has 0 radical (unpaired) electrons. The maximum atomic E-state index is 13.5. The summed E-state index contributed by atoms with van der Waals surface area (Å²) in [5.41, 5.74) is 2.80. The zero-order chi connectivity index (χ0) is 26.8. The average molecular weight is 627 g/mol. The fourth-order valence-corrected chi connectivity index (χ4v) is 4.98. The minimum Gasteiger partial charge on any atom is -0.496 e. The summed E-state index contributed by atoms with van der Waals surface area (Å²) in [5.74, 6) is 2.15. The van der Waals surface area contributed by atoms with E-state index in [-0.39, 0.29) is 5.56 Å². The van der Waals surface area contributed by atoms with Gasteiger partial charge in [-0.3, -0.25) is 4.79 Å². The highest BCUT2D eigenvalue weighted by atomic mass is 127. The Balaban J connectivity index is 1.38. The van der Waals surface area contributed by atoms with Crippen LogP contribution in [0.2, 0.25) is 0 Å². The summed E-state index contributed by atoms with van der Waals surface area (Å²) >= 11 is 2.24. The molecular weight excluding hydrogens is 605 g/mol. The Morgan fingerprint density at radius 1 is 0.923 bits per heavy atom. The lowest BCUT2D eigenvalue weighted by Gasteiger charge is -2.09. The number of para-hydroxylation sites is 1. The predicted molar refractivity (Wildman–Crippen MR) is 161 cm³/mol. The molecule has 0 unspecified atom stereocenters. The van der Waals surface area contributed by atoms with Gasteiger partial charge in [0.25, 0.3) is 5.56 Å². The normalized spacial score (nSPS) is 11.4. The largest absolute Gasteiger partial charge is 0.496 e. The molecule has 0 fully saturated rings. The molecule has 2 aromatic heterocycles. The molecule has 0 aliphatic carbocycles. The van der Waals surface area contributed by atoms with E-state index in [1.807, 2.05) is 84.9 Å². The van der Waals surface area contributed by atoms with Crippen molar-refractivity contribution in [1.29, 1.82) is 0 Å². The van der Waals surface area contributed by atoms with Crippen molar-refractivity contribution in [3.05, 3.63) is 122 Å². The number of halogens is 1. The summed E-state index contributed by atoms with van der Waals surface area (Å²) in [6.07, 6.45) is 1.63. The van der Waals surface area contributed by atoms with E-state index in [9.17, 15) is 4.79 Å². The molecule has 6 rings (SSSR count). The van der Waals surface area contributed by atoms with Crippen molar-refractivity contribution in [2.75, 3.05) is 7.11 Å². The van der Waals surface area contributed by atoms with Gasteiger partial charge in [0, 0.05) is 0 Å². The molecule has 0 saturated carbocycles. The Morgan fingerprint density at radius 2 is 1.74 bits per heavy atom. The second kappa shape index (κ2) is 10.7. The molecule has 0 aliphatic rings. The summed E-state index contributed by atoms with van der Waals surface area (Å²) in [5, 5.41) is 5.81. The van der Waals surface area contributed by atoms with Crippen LogP contribution >= 0.6 is 22.6 Å². The van der Waals surface area contributed by atoms with E-state index in [2.05, 4.69) is 27.7 Å². The lowest BCUT2D eigenvalue weighted by Crippen LogP contribution is -2.20. The van der Waals surface area contributed by atoms with E-state index in [0.717, 1.165) is 25.8 Å². The minimum absolute atomic E-state index is 0.295. The van der Waals surface area contributed by atoms with Crippen LogP contribution in [0.15, 0.2) is 111 Å². The molecule has 0 bridgehead atoms. The summed E-state index contributed by atoms with van der Waals surface area (Å²) in [6.45, 7) is 0.480. The van der Waals surface area contributed by atoms with Crippen molar-refractivity contribution in [3.63, 3.8) is 0 Å². The molecule has 7 nitrogen and oxygen atoms in total. The second-order valence-corrected chi connectivity index (χ2v) is 9.92. The molecule has 0 N–H and O–H groups in total. The molecule has 0 aliphatic heterocycles. The Bertz CT molecular complexity index is 1890. The summed E-state index contributed by atoms with van der Waals surface area (Å²) < 4.78 is 19.8. The zero-order valence-corrected chi connectivity index (χ0v) is 23.0. The van der Waals surface area contributed by atoms with Crippen molar-refractivity contribution in [1.82, 2.24) is 9.66 Å². The molecule has 192 valence electrons. The fourth-order valence-electron chi connectivity index (χ4n) is 4.29. The Labute approximate surface area is 237 Å². The molecule has 4 aromatic carbocycles. The van der Waals surface area contributed by atoms with Crippen LogP contribution in [0.1, 0.15) is 11.1 Å². The van der Waals surface area contributed by atoms with Crippen LogP contribution in [0.25, 0.3) is 33.5 Å². The Hall–Kier alpha value is -4.44. The first-order valence-electron chi connectivity index (χ1n) is 12.2. The molecule has 0 saturated heterocycles. The topological polar surface area (TPSA) is 78.9 Å². The van der Waals surface area contributed by atoms with Crippen molar-refractivity contribution in [3.8, 4) is 23.1 Å². The smallest absolute Gasteiger partial charge is 0.282 e. The summed E-state index contributed by atoms with van der Waals surface area (Å²) in [4.78, 5) is 18.3. The van der Waals surface area contributed by atoms with Crippen LogP contribution in [0.4, 0.5) is 0 Å². The first-order valence-corrected chi connectivity index (χ1v) is 13.3. The van der Waals surface area contributed by atoms with Gasteiger partial charge in [-0.15, -0.1) is 0 Å². The van der Waals surface area contributed by atoms with E-state index < -0.39 is 0 Å². The van der Waals surface area contributed by atoms with Crippen LogP contribution in [0.5, 0.6) is 11.5 Å². The Morgan fingerprint density at radius 3 is 2.56 bits per heavy atom. The average Bonchev–Trinajstić information content (AvgIpc) is 3.41. The monoisotopic (exact) mass is 627 g/mol. The van der Waals surface area contributed by atoms with E-state index >= 15 is 0 Å². The van der Waals surface area contributed by atoms with E-state index in [1.165, 1.54) is 4.68 Å². The molecule has 0 atom stereocenters. The quantitative estimate of drug-likeness (QED) is 0.142. The number of rotatable bonds is 7. The highest BCUT2D eigenvalue weighted by molar-refractivity contribution is 14.1. The van der Waals surface area contributed by atoms with Crippen LogP contribution in [0, 0.1) is 3.57 Å². The maximum absolute atomic E-state index is 13.5. The van der Waals surface area contributed by atoms with Gasteiger partial charge >= 0.3 is 0 Å². The van der Waals surface area contributed by atoms with Crippen molar-refractivity contribution >= 4 is 50.7 Å². The minimum atomic E-state index is -0.295. The number of benzene rings is 4. The van der Waals surface area contributed by atoms with E-state index in [4.69, 9.17) is 18.9 Å². The van der Waals surface area contributed by atoms with Gasteiger partial charge in [-0.05, 0) is 82.2 Å². The van der Waals surface area contributed by atoms with Crippen LogP contribution < -0.4 is 15.0 Å². The van der Waals surface area contributed by atoms with E-state index in [0.29, 0.717) is 40.4 Å². The maximum Gasteiger partial charge on any atom is 0.282 e. The fraction of sp³-hybridized carbons (Fsp3) is 0.0645. The summed E-state index contributed by atoms with van der Waals surface area (Å²) in [6, 6.07) is 30.3. The van der Waals surface area contributed by atoms with Gasteiger partial charge in [0.15, 0.2) is 5.76 Å². The first-order chi connectivity index (χ1) is 19.1. The molecule has 39 heavy (non-hydrogen) atoms. The third kappa shape index (κ3) is 5.03. The van der Waals surface area contributed by atoms with Crippen molar-refractivity contribution < 1.29 is 13.9 Å². The SMILES string of the molecule is COc1cccc2oc(-c3nc4ccccc4c(=O)n3N=Cc3ccc(OCc4ccccc4)c(I)c3)cc12. The molecule has 8 heteroatoms. The van der Waals surface area contributed by atoms with Gasteiger partial charge < -0.3 is 13.9 Å². The van der Waals surface area contributed by atoms with Gasteiger partial charge in [0.2, 0.25) is 5.82 Å². The summed E-state index contributed by atoms with van der Waals surface area (Å²) in [7, 11) is 1.61. The van der Waals surface area contributed by atoms with Gasteiger partial charge in [-0.25, -0.2) is 4.98 Å². The van der Waals surface area contributed by atoms with Gasteiger partial charge in [0.1, 0.15) is 23.7 Å². The number of ether oxygens (including phenoxy) is 2. The first kappa shape index (κ1) is 24.9. The van der Waals surface area contributed by atoms with Crippen LogP contribution in [0.3, 0.4) is 0 Å². The number of aromatic nitrogens is 2. The third-order valence-electron chi connectivity index (χ3n) is 6.23. The Kier molecular flexibility index (Phi) is 6.85. The number of hydrogen-bond donors (Lipinski definition) is 0.